The third kappa shape index (κ3) is 6.21. The molecule has 1 atom stereocenters. The number of nitrogens with zero attached hydrogens (tertiary/aromatic N) is 3. The van der Waals surface area contributed by atoms with E-state index in [0.29, 0.717) is 44.7 Å². The molecule has 1 N–H and O–H groups in total. The van der Waals surface area contributed by atoms with Crippen molar-refractivity contribution in [1.29, 1.82) is 0 Å². The summed E-state index contributed by atoms with van der Waals surface area (Å²) < 4.78 is 17.0. The molecule has 1 aromatic heterocycles. The number of thioether (sulfide) groups is 1. The van der Waals surface area contributed by atoms with Crippen molar-refractivity contribution in [2.75, 3.05) is 30.3 Å². The number of aromatic nitrogens is 2. The molecule has 9 nitrogen and oxygen atoms in total. The first-order valence-electron chi connectivity index (χ1n) is 12.3. The van der Waals surface area contributed by atoms with Gasteiger partial charge in [-0.3, -0.25) is 4.79 Å². The highest BCUT2D eigenvalue weighted by atomic mass is 32.2. The van der Waals surface area contributed by atoms with Crippen molar-refractivity contribution < 1.29 is 23.8 Å². The van der Waals surface area contributed by atoms with Crippen LogP contribution >= 0.6 is 11.8 Å². The average molecular weight is 515 g/mol. The van der Waals surface area contributed by atoms with E-state index in [9.17, 15) is 9.59 Å². The standard InChI is InChI=1S/C26H34N4O5S/c1-5-33-22(31)10-15-36-21-17-27-20(16-28-21)30-13-11-26(12-14-30)23(29-24(32)35-25(2,3)4)18-8-6-7-9-19(18)34-26/h6-9,16-17,23H,5,10-15H2,1-4H3,(H,29,32)/t23-/m1/s1. The number of anilines is 1. The van der Waals surface area contributed by atoms with Gasteiger partial charge < -0.3 is 24.4 Å². The number of fused-ring (bicyclic) bond motifs is 1. The highest BCUT2D eigenvalue weighted by Gasteiger charge is 2.51. The van der Waals surface area contributed by atoms with E-state index in [1.165, 1.54) is 11.8 Å². The van der Waals surface area contributed by atoms with Crippen molar-refractivity contribution in [2.45, 2.75) is 69.2 Å². The van der Waals surface area contributed by atoms with Crippen LogP contribution in [0.3, 0.4) is 0 Å². The summed E-state index contributed by atoms with van der Waals surface area (Å²) in [6.07, 6.45) is 4.82. The van der Waals surface area contributed by atoms with Crippen LogP contribution in [0.25, 0.3) is 0 Å². The zero-order chi connectivity index (χ0) is 25.8. The molecule has 2 aromatic rings. The highest BCUT2D eigenvalue weighted by Crippen LogP contribution is 2.48. The van der Waals surface area contributed by atoms with Crippen LogP contribution in [-0.4, -0.2) is 58.7 Å². The Bertz CT molecular complexity index is 1060. The van der Waals surface area contributed by atoms with Crippen molar-refractivity contribution >= 4 is 29.6 Å². The largest absolute Gasteiger partial charge is 0.484 e. The molecule has 4 rings (SSSR count). The Morgan fingerprint density at radius 1 is 1.19 bits per heavy atom. The zero-order valence-electron chi connectivity index (χ0n) is 21.3. The van der Waals surface area contributed by atoms with E-state index in [2.05, 4.69) is 20.2 Å². The lowest BCUT2D eigenvalue weighted by Gasteiger charge is -2.42. The van der Waals surface area contributed by atoms with E-state index in [0.717, 1.165) is 22.2 Å². The normalized spacial score (nSPS) is 18.3. The van der Waals surface area contributed by atoms with Crippen molar-refractivity contribution in [3.63, 3.8) is 0 Å². The van der Waals surface area contributed by atoms with Crippen LogP contribution in [0.1, 0.15) is 58.6 Å². The number of benzene rings is 1. The second kappa shape index (κ2) is 10.9. The van der Waals surface area contributed by atoms with E-state index in [1.54, 1.807) is 19.3 Å². The topological polar surface area (TPSA) is 103 Å². The number of hydrogen-bond donors (Lipinski definition) is 1. The number of piperidine rings is 1. The Labute approximate surface area is 216 Å². The number of carbonyl (C=O) groups excluding carboxylic acids is 2. The summed E-state index contributed by atoms with van der Waals surface area (Å²) in [6.45, 7) is 9.17. The molecule has 10 heteroatoms. The Kier molecular flexibility index (Phi) is 7.92. The molecule has 36 heavy (non-hydrogen) atoms. The van der Waals surface area contributed by atoms with Gasteiger partial charge in [-0.05, 0) is 33.8 Å². The van der Waals surface area contributed by atoms with Gasteiger partial charge >= 0.3 is 12.1 Å². The van der Waals surface area contributed by atoms with E-state index in [1.807, 2.05) is 45.0 Å². The molecule has 2 aliphatic rings. The fraction of sp³-hybridized carbons (Fsp3) is 0.538. The molecular formula is C26H34N4O5S. The summed E-state index contributed by atoms with van der Waals surface area (Å²) in [5, 5.41) is 3.85. The third-order valence-electron chi connectivity index (χ3n) is 6.14. The number of carbonyl (C=O) groups is 2. The van der Waals surface area contributed by atoms with Gasteiger partial charge in [0.2, 0.25) is 0 Å². The van der Waals surface area contributed by atoms with Crippen molar-refractivity contribution in [3.8, 4) is 5.75 Å². The number of nitrogens with one attached hydrogen (secondary N) is 1. The van der Waals surface area contributed by atoms with Crippen molar-refractivity contribution in [2.24, 2.45) is 0 Å². The lowest BCUT2D eigenvalue weighted by atomic mass is 9.82. The lowest BCUT2D eigenvalue weighted by molar-refractivity contribution is -0.142. The van der Waals surface area contributed by atoms with Crippen LogP contribution in [0.4, 0.5) is 10.6 Å². The number of esters is 1. The summed E-state index contributed by atoms with van der Waals surface area (Å²) in [5.74, 6) is 2.00. The Hall–Kier alpha value is -3.01. The second-order valence-electron chi connectivity index (χ2n) is 9.89. The van der Waals surface area contributed by atoms with Crippen LogP contribution in [0.15, 0.2) is 41.7 Å². The molecule has 0 radical (unpaired) electrons. The van der Waals surface area contributed by atoms with Crippen LogP contribution in [0.5, 0.6) is 5.75 Å². The van der Waals surface area contributed by atoms with Gasteiger partial charge in [0.05, 0.1) is 25.4 Å². The minimum Gasteiger partial charge on any atom is -0.484 e. The molecule has 0 saturated carbocycles. The van der Waals surface area contributed by atoms with Gasteiger partial charge in [0.25, 0.3) is 0 Å². The molecule has 0 bridgehead atoms. The molecule has 3 heterocycles. The Morgan fingerprint density at radius 2 is 1.94 bits per heavy atom. The Morgan fingerprint density at radius 3 is 2.61 bits per heavy atom. The number of ether oxygens (including phenoxy) is 3. The van der Waals surface area contributed by atoms with E-state index in [-0.39, 0.29) is 12.0 Å². The number of hydrogen-bond acceptors (Lipinski definition) is 9. The maximum atomic E-state index is 12.7. The summed E-state index contributed by atoms with van der Waals surface area (Å²) >= 11 is 1.48. The first-order valence-corrected chi connectivity index (χ1v) is 13.3. The highest BCUT2D eigenvalue weighted by molar-refractivity contribution is 7.99. The molecule has 1 aromatic carbocycles. The summed E-state index contributed by atoms with van der Waals surface area (Å²) in [4.78, 5) is 35.5. The van der Waals surface area contributed by atoms with Crippen LogP contribution in [0, 0.1) is 0 Å². The summed E-state index contributed by atoms with van der Waals surface area (Å²) in [6, 6.07) is 7.56. The van der Waals surface area contributed by atoms with Crippen LogP contribution in [-0.2, 0) is 14.3 Å². The maximum absolute atomic E-state index is 12.7. The quantitative estimate of drug-likeness (QED) is 0.422. The van der Waals surface area contributed by atoms with Gasteiger partial charge in [-0.15, -0.1) is 11.8 Å². The van der Waals surface area contributed by atoms with Gasteiger partial charge in [0, 0.05) is 37.2 Å². The molecular weight excluding hydrogens is 480 g/mol. The number of para-hydroxylation sites is 1. The molecule has 0 unspecified atom stereocenters. The average Bonchev–Trinajstić information content (AvgIpc) is 3.11. The fourth-order valence-electron chi connectivity index (χ4n) is 4.53. The molecule has 2 aliphatic heterocycles. The molecule has 194 valence electrons. The fourth-order valence-corrected chi connectivity index (χ4v) is 5.26. The van der Waals surface area contributed by atoms with Crippen LogP contribution < -0.4 is 15.0 Å². The van der Waals surface area contributed by atoms with Gasteiger partial charge in [-0.25, -0.2) is 14.8 Å². The predicted molar refractivity (Wildman–Crippen MR) is 137 cm³/mol. The van der Waals surface area contributed by atoms with E-state index in [4.69, 9.17) is 14.2 Å². The van der Waals surface area contributed by atoms with Gasteiger partial charge in [-0.2, -0.15) is 0 Å². The predicted octanol–water partition coefficient (Wildman–Crippen LogP) is 4.52. The first-order chi connectivity index (χ1) is 17.2. The van der Waals surface area contributed by atoms with Crippen molar-refractivity contribution in [3.05, 3.63) is 42.2 Å². The van der Waals surface area contributed by atoms with E-state index >= 15 is 0 Å². The number of rotatable bonds is 7. The van der Waals surface area contributed by atoms with Crippen molar-refractivity contribution in [1.82, 2.24) is 15.3 Å². The second-order valence-corrected chi connectivity index (χ2v) is 11.0. The molecule has 1 amide bonds. The van der Waals surface area contributed by atoms with Gasteiger partial charge in [0.1, 0.15) is 33.8 Å². The number of amides is 1. The number of alkyl carbamates (subject to hydrolysis) is 1. The smallest absolute Gasteiger partial charge is 0.408 e. The molecule has 1 fully saturated rings. The SMILES string of the molecule is CCOC(=O)CCSc1cnc(N2CCC3(CC2)Oc2ccccc2[C@H]3NC(=O)OC(C)(C)C)cn1. The maximum Gasteiger partial charge on any atom is 0.408 e. The molecule has 1 spiro atoms. The Balaban J connectivity index is 1.38. The van der Waals surface area contributed by atoms with Crippen LogP contribution in [0.2, 0.25) is 0 Å². The first kappa shape index (κ1) is 26.1. The lowest BCUT2D eigenvalue weighted by Crippen LogP contribution is -2.54. The minimum atomic E-state index is -0.582. The minimum absolute atomic E-state index is 0.201. The molecule has 0 aliphatic carbocycles. The zero-order valence-corrected chi connectivity index (χ0v) is 22.1. The van der Waals surface area contributed by atoms with Gasteiger partial charge in [-0.1, -0.05) is 18.2 Å². The summed E-state index contributed by atoms with van der Waals surface area (Å²) in [7, 11) is 0. The van der Waals surface area contributed by atoms with Gasteiger partial charge in [0.15, 0.2) is 0 Å². The van der Waals surface area contributed by atoms with E-state index < -0.39 is 17.3 Å². The molecule has 1 saturated heterocycles. The summed E-state index contributed by atoms with van der Waals surface area (Å²) in [5.41, 5.74) is -0.157. The monoisotopic (exact) mass is 514 g/mol. The third-order valence-corrected chi connectivity index (χ3v) is 7.06.